The molecule has 2 aliphatic rings. The van der Waals surface area contributed by atoms with Crippen molar-refractivity contribution in [2.75, 3.05) is 23.9 Å². The van der Waals surface area contributed by atoms with Crippen LogP contribution in [0.2, 0.25) is 0 Å². The smallest absolute Gasteiger partial charge is 0.301 e. The molecule has 0 aliphatic carbocycles. The van der Waals surface area contributed by atoms with Crippen molar-refractivity contribution in [3.8, 4) is 5.75 Å². The second-order valence-electron chi connectivity index (χ2n) is 10.1. The Morgan fingerprint density at radius 1 is 1.08 bits per heavy atom. The van der Waals surface area contributed by atoms with Crippen LogP contribution in [0.5, 0.6) is 5.75 Å². The van der Waals surface area contributed by atoms with E-state index in [1.165, 1.54) is 16.2 Å². The molecule has 7 nitrogen and oxygen atoms in total. The first-order valence-corrected chi connectivity index (χ1v) is 13.3. The predicted octanol–water partition coefficient (Wildman–Crippen LogP) is 5.62. The van der Waals surface area contributed by atoms with Crippen molar-refractivity contribution in [1.29, 1.82) is 0 Å². The molecular formula is C30H27N3O4S. The van der Waals surface area contributed by atoms with Crippen molar-refractivity contribution in [3.05, 3.63) is 88.5 Å². The number of ketones is 1. The Morgan fingerprint density at radius 2 is 1.84 bits per heavy atom. The second kappa shape index (κ2) is 8.99. The molecule has 1 fully saturated rings. The van der Waals surface area contributed by atoms with Crippen LogP contribution in [-0.2, 0) is 16.0 Å². The predicted molar refractivity (Wildman–Crippen MR) is 150 cm³/mol. The molecule has 192 valence electrons. The van der Waals surface area contributed by atoms with E-state index in [4.69, 9.17) is 9.72 Å². The molecule has 1 N–H and O–H groups in total. The lowest BCUT2D eigenvalue weighted by Gasteiger charge is -2.23. The van der Waals surface area contributed by atoms with Gasteiger partial charge in [-0.2, -0.15) is 0 Å². The molecule has 1 amide bonds. The van der Waals surface area contributed by atoms with E-state index >= 15 is 0 Å². The first-order chi connectivity index (χ1) is 18.2. The summed E-state index contributed by atoms with van der Waals surface area (Å²) >= 11 is 1.36. The molecule has 6 rings (SSSR count). The molecule has 1 saturated heterocycles. The first-order valence-electron chi connectivity index (χ1n) is 12.5. The topological polar surface area (TPSA) is 83.0 Å². The molecule has 3 heterocycles. The minimum absolute atomic E-state index is 0.0471. The molecule has 38 heavy (non-hydrogen) atoms. The molecule has 2 aliphatic heterocycles. The molecule has 8 heteroatoms. The number of benzene rings is 3. The number of anilines is 2. The van der Waals surface area contributed by atoms with E-state index in [0.717, 1.165) is 32.8 Å². The lowest BCUT2D eigenvalue weighted by Crippen LogP contribution is -2.29. The van der Waals surface area contributed by atoms with Crippen LogP contribution in [0.15, 0.2) is 66.2 Å². The highest BCUT2D eigenvalue weighted by atomic mass is 32.1. The van der Waals surface area contributed by atoms with Gasteiger partial charge in [0, 0.05) is 31.8 Å². The number of carbonyl (C=O) groups is 2. The molecule has 4 aromatic rings. The number of aromatic nitrogens is 1. The van der Waals surface area contributed by atoms with Crippen LogP contribution < -0.4 is 14.5 Å². The van der Waals surface area contributed by atoms with Gasteiger partial charge in [-0.05, 0) is 73.0 Å². The lowest BCUT2D eigenvalue weighted by atomic mass is 9.94. The van der Waals surface area contributed by atoms with Crippen LogP contribution in [0.3, 0.4) is 0 Å². The number of fused-ring (bicyclic) bond motifs is 2. The standard InChI is InChI=1S/C30H27N3O4S/c1-16-5-11-22-24(13-16)38-30(31-22)33-26(18-6-9-21(10-7-18)32(3)4)25(28(35)29(33)36)27(34)19-8-12-23-20(15-19)14-17(2)37-23/h5-13,15,17,26,34H,14H2,1-4H3/b27-25+. The molecule has 1 aromatic heterocycles. The Morgan fingerprint density at radius 3 is 2.58 bits per heavy atom. The SMILES string of the molecule is Cc1ccc2nc(N3C(=O)C(=O)/C(=C(/O)c4ccc5c(c4)CC(C)O5)C3c3ccc(N(C)C)cc3)sc2c1. The number of nitrogens with zero attached hydrogens (tertiary/aromatic N) is 3. The van der Waals surface area contributed by atoms with Crippen molar-refractivity contribution in [1.82, 2.24) is 4.98 Å². The third-order valence-corrected chi connectivity index (χ3v) is 8.10. The van der Waals surface area contributed by atoms with Crippen molar-refractivity contribution in [2.24, 2.45) is 0 Å². The van der Waals surface area contributed by atoms with Gasteiger partial charge in [0.15, 0.2) is 5.13 Å². The zero-order chi connectivity index (χ0) is 26.7. The highest BCUT2D eigenvalue weighted by Crippen LogP contribution is 2.45. The van der Waals surface area contributed by atoms with Crippen molar-refractivity contribution >= 4 is 49.8 Å². The average Bonchev–Trinajstić information content (AvgIpc) is 3.55. The Kier molecular flexibility index (Phi) is 5.72. The van der Waals surface area contributed by atoms with Crippen LogP contribution in [0.1, 0.15) is 35.2 Å². The number of hydrogen-bond acceptors (Lipinski definition) is 7. The number of aryl methyl sites for hydroxylation is 1. The number of ether oxygens (including phenoxy) is 1. The summed E-state index contributed by atoms with van der Waals surface area (Å²) in [5, 5.41) is 12.0. The van der Waals surface area contributed by atoms with E-state index in [1.807, 2.05) is 81.4 Å². The van der Waals surface area contributed by atoms with Gasteiger partial charge >= 0.3 is 5.91 Å². The number of rotatable bonds is 4. The van der Waals surface area contributed by atoms with Gasteiger partial charge in [-0.3, -0.25) is 14.5 Å². The minimum Gasteiger partial charge on any atom is -0.507 e. The fourth-order valence-electron chi connectivity index (χ4n) is 5.15. The van der Waals surface area contributed by atoms with Gasteiger partial charge in [-0.25, -0.2) is 4.98 Å². The quantitative estimate of drug-likeness (QED) is 0.212. The molecule has 0 radical (unpaired) electrons. The maximum Gasteiger partial charge on any atom is 0.301 e. The minimum atomic E-state index is -0.823. The zero-order valence-electron chi connectivity index (χ0n) is 21.6. The number of hydrogen-bond donors (Lipinski definition) is 1. The molecule has 2 atom stereocenters. The van der Waals surface area contributed by atoms with Crippen LogP contribution in [0.4, 0.5) is 10.8 Å². The number of thiazole rings is 1. The van der Waals surface area contributed by atoms with Gasteiger partial charge in [-0.1, -0.05) is 29.5 Å². The summed E-state index contributed by atoms with van der Waals surface area (Å²) in [6.07, 6.45) is 0.761. The summed E-state index contributed by atoms with van der Waals surface area (Å²) in [4.78, 5) is 35.2. The van der Waals surface area contributed by atoms with E-state index in [-0.39, 0.29) is 17.4 Å². The van der Waals surface area contributed by atoms with E-state index in [0.29, 0.717) is 22.7 Å². The number of carbonyl (C=O) groups excluding carboxylic acids is 2. The van der Waals surface area contributed by atoms with Gasteiger partial charge in [-0.15, -0.1) is 0 Å². The molecular weight excluding hydrogens is 498 g/mol. The van der Waals surface area contributed by atoms with Gasteiger partial charge < -0.3 is 14.7 Å². The molecule has 2 unspecified atom stereocenters. The highest BCUT2D eigenvalue weighted by molar-refractivity contribution is 7.22. The number of Topliss-reactive ketones (excluding diaryl/α,β-unsaturated/α-hetero) is 1. The Labute approximate surface area is 224 Å². The number of aliphatic hydroxyl groups is 1. The largest absolute Gasteiger partial charge is 0.507 e. The van der Waals surface area contributed by atoms with E-state index < -0.39 is 17.7 Å². The Balaban J connectivity index is 1.53. The van der Waals surface area contributed by atoms with Crippen molar-refractivity contribution in [3.63, 3.8) is 0 Å². The van der Waals surface area contributed by atoms with E-state index in [1.54, 1.807) is 12.1 Å². The highest BCUT2D eigenvalue weighted by Gasteiger charge is 2.48. The zero-order valence-corrected chi connectivity index (χ0v) is 22.4. The molecule has 3 aromatic carbocycles. The fraction of sp³-hybridized carbons (Fsp3) is 0.233. The molecule has 0 spiro atoms. The lowest BCUT2D eigenvalue weighted by molar-refractivity contribution is -0.132. The van der Waals surface area contributed by atoms with Crippen molar-refractivity contribution < 1.29 is 19.4 Å². The normalized spacial score (nSPS) is 20.2. The van der Waals surface area contributed by atoms with Crippen molar-refractivity contribution in [2.45, 2.75) is 32.4 Å². The van der Waals surface area contributed by atoms with E-state index in [9.17, 15) is 14.7 Å². The summed E-state index contributed by atoms with van der Waals surface area (Å²) in [6.45, 7) is 3.99. The summed E-state index contributed by atoms with van der Waals surface area (Å²) in [5.74, 6) is -0.867. The van der Waals surface area contributed by atoms with Gasteiger partial charge in [0.2, 0.25) is 0 Å². The number of aliphatic hydroxyl groups excluding tert-OH is 1. The average molecular weight is 526 g/mol. The van der Waals surface area contributed by atoms with E-state index in [2.05, 4.69) is 0 Å². The summed E-state index contributed by atoms with van der Waals surface area (Å²) in [6, 6.07) is 18.1. The Bertz CT molecular complexity index is 1640. The third-order valence-electron chi connectivity index (χ3n) is 7.08. The van der Waals surface area contributed by atoms with Crippen LogP contribution in [0, 0.1) is 6.92 Å². The maximum atomic E-state index is 13.6. The van der Waals surface area contributed by atoms with Crippen LogP contribution in [-0.4, -0.2) is 42.0 Å². The van der Waals surface area contributed by atoms with Gasteiger partial charge in [0.1, 0.15) is 17.6 Å². The van der Waals surface area contributed by atoms with Crippen LogP contribution in [0.25, 0.3) is 16.0 Å². The maximum absolute atomic E-state index is 13.6. The second-order valence-corrected chi connectivity index (χ2v) is 11.1. The van der Waals surface area contributed by atoms with Crippen LogP contribution >= 0.6 is 11.3 Å². The van der Waals surface area contributed by atoms with Gasteiger partial charge in [0.25, 0.3) is 5.78 Å². The summed E-state index contributed by atoms with van der Waals surface area (Å²) in [5.41, 5.74) is 5.03. The summed E-state index contributed by atoms with van der Waals surface area (Å²) in [7, 11) is 3.89. The third kappa shape index (κ3) is 3.92. The van der Waals surface area contributed by atoms with Gasteiger partial charge in [0.05, 0.1) is 21.8 Å². The summed E-state index contributed by atoms with van der Waals surface area (Å²) < 4.78 is 6.73. The first kappa shape index (κ1) is 24.2. The monoisotopic (exact) mass is 525 g/mol. The molecule has 0 bridgehead atoms. The fourth-order valence-corrected chi connectivity index (χ4v) is 6.24. The number of amides is 1. The Hall–Kier alpha value is -4.17. The molecule has 0 saturated carbocycles.